The van der Waals surface area contributed by atoms with E-state index in [1.807, 2.05) is 11.9 Å². The average molecular weight is 266 g/mol. The van der Waals surface area contributed by atoms with Gasteiger partial charge in [0, 0.05) is 26.1 Å². The molecule has 0 aromatic heterocycles. The molecule has 1 N–H and O–H groups in total. The highest BCUT2D eigenvalue weighted by Gasteiger charge is 2.58. The van der Waals surface area contributed by atoms with Crippen molar-refractivity contribution in [3.8, 4) is 0 Å². The number of carbonyl (C=O) groups excluding carboxylic acids is 1. The predicted molar refractivity (Wildman–Crippen MR) is 73.8 cm³/mol. The molecule has 2 aliphatic heterocycles. The van der Waals surface area contributed by atoms with Crippen molar-refractivity contribution in [3.05, 3.63) is 0 Å². The molecule has 1 saturated carbocycles. The number of amides is 1. The van der Waals surface area contributed by atoms with Crippen molar-refractivity contribution in [2.75, 3.05) is 39.9 Å². The lowest BCUT2D eigenvalue weighted by molar-refractivity contribution is -0.133. The smallest absolute Gasteiger partial charge is 0.226 e. The highest BCUT2D eigenvalue weighted by Crippen LogP contribution is 2.59. The Hall–Kier alpha value is -0.610. The van der Waals surface area contributed by atoms with E-state index in [1.165, 1.54) is 19.3 Å². The van der Waals surface area contributed by atoms with Crippen LogP contribution in [-0.2, 0) is 9.53 Å². The molecule has 2 atom stereocenters. The Morgan fingerprint density at radius 3 is 2.89 bits per heavy atom. The van der Waals surface area contributed by atoms with Crippen LogP contribution in [0.25, 0.3) is 0 Å². The minimum Gasteiger partial charge on any atom is -0.381 e. The molecule has 4 nitrogen and oxygen atoms in total. The Kier molecular flexibility index (Phi) is 3.81. The molecule has 0 aromatic rings. The fourth-order valence-corrected chi connectivity index (χ4v) is 3.87. The lowest BCUT2D eigenvalue weighted by atomic mass is 9.91. The summed E-state index contributed by atoms with van der Waals surface area (Å²) in [7, 11) is 1.98. The fourth-order valence-electron chi connectivity index (χ4n) is 3.87. The zero-order valence-electron chi connectivity index (χ0n) is 12.0. The van der Waals surface area contributed by atoms with Gasteiger partial charge in [-0.2, -0.15) is 0 Å². The zero-order chi connectivity index (χ0) is 13.3. The van der Waals surface area contributed by atoms with Crippen molar-refractivity contribution in [2.45, 2.75) is 32.1 Å². The van der Waals surface area contributed by atoms with Crippen molar-refractivity contribution in [3.63, 3.8) is 0 Å². The molecule has 3 fully saturated rings. The van der Waals surface area contributed by atoms with Gasteiger partial charge in [-0.05, 0) is 56.5 Å². The van der Waals surface area contributed by atoms with E-state index in [4.69, 9.17) is 4.74 Å². The monoisotopic (exact) mass is 266 g/mol. The molecule has 4 heteroatoms. The molecule has 3 rings (SSSR count). The largest absolute Gasteiger partial charge is 0.381 e. The summed E-state index contributed by atoms with van der Waals surface area (Å²) in [6.07, 6.45) is 5.84. The number of ether oxygens (including phenoxy) is 1. The van der Waals surface area contributed by atoms with Crippen LogP contribution in [0.1, 0.15) is 32.1 Å². The third kappa shape index (κ3) is 2.79. The van der Waals surface area contributed by atoms with Gasteiger partial charge in [0.2, 0.25) is 5.91 Å². The van der Waals surface area contributed by atoms with Gasteiger partial charge in [-0.15, -0.1) is 0 Å². The molecular weight excluding hydrogens is 240 g/mol. The van der Waals surface area contributed by atoms with E-state index in [0.29, 0.717) is 23.2 Å². The lowest BCUT2D eigenvalue weighted by Gasteiger charge is -2.29. The molecule has 1 aliphatic carbocycles. The number of piperidine rings is 1. The van der Waals surface area contributed by atoms with Gasteiger partial charge in [-0.1, -0.05) is 0 Å². The minimum atomic E-state index is 0.309. The van der Waals surface area contributed by atoms with Crippen LogP contribution in [0, 0.1) is 17.3 Å². The Labute approximate surface area is 115 Å². The molecule has 2 saturated heterocycles. The van der Waals surface area contributed by atoms with Crippen LogP contribution in [-0.4, -0.2) is 50.7 Å². The van der Waals surface area contributed by atoms with Crippen molar-refractivity contribution < 1.29 is 9.53 Å². The topological polar surface area (TPSA) is 41.6 Å². The first kappa shape index (κ1) is 13.4. The second kappa shape index (κ2) is 5.41. The molecule has 0 aromatic carbocycles. The number of hydrogen-bond donors (Lipinski definition) is 1. The van der Waals surface area contributed by atoms with Gasteiger partial charge in [0.05, 0.1) is 6.61 Å². The van der Waals surface area contributed by atoms with Gasteiger partial charge in [-0.3, -0.25) is 4.79 Å². The third-order valence-corrected chi connectivity index (χ3v) is 5.25. The van der Waals surface area contributed by atoms with Gasteiger partial charge >= 0.3 is 0 Å². The number of nitrogens with zero attached hydrogens (tertiary/aromatic N) is 1. The SMILES string of the molecule is CN(CC1CCCOC1)C(=O)C1CC12CCNCC2. The van der Waals surface area contributed by atoms with E-state index in [1.54, 1.807) is 0 Å². The van der Waals surface area contributed by atoms with Gasteiger partial charge in [-0.25, -0.2) is 0 Å². The molecule has 1 amide bonds. The van der Waals surface area contributed by atoms with Gasteiger partial charge < -0.3 is 15.0 Å². The summed E-state index contributed by atoms with van der Waals surface area (Å²) in [4.78, 5) is 14.5. The first-order valence-electron chi connectivity index (χ1n) is 7.75. The quantitative estimate of drug-likeness (QED) is 0.836. The van der Waals surface area contributed by atoms with Gasteiger partial charge in [0.25, 0.3) is 0 Å². The van der Waals surface area contributed by atoms with Gasteiger partial charge in [0.1, 0.15) is 0 Å². The summed E-state index contributed by atoms with van der Waals surface area (Å²) in [6.45, 7) is 4.78. The standard InChI is InChI=1S/C15H26N2O2/c1-17(10-12-3-2-8-19-11-12)14(18)13-9-15(13)4-6-16-7-5-15/h12-13,16H,2-11H2,1H3. The molecule has 0 radical (unpaired) electrons. The van der Waals surface area contributed by atoms with Gasteiger partial charge in [0.15, 0.2) is 0 Å². The van der Waals surface area contributed by atoms with E-state index >= 15 is 0 Å². The number of hydrogen-bond acceptors (Lipinski definition) is 3. The lowest BCUT2D eigenvalue weighted by Crippen LogP contribution is -2.38. The Bertz CT molecular complexity index is 333. The highest BCUT2D eigenvalue weighted by atomic mass is 16.5. The molecule has 108 valence electrons. The second-order valence-electron chi connectivity index (χ2n) is 6.67. The Morgan fingerprint density at radius 2 is 2.21 bits per heavy atom. The summed E-state index contributed by atoms with van der Waals surface area (Å²) >= 11 is 0. The number of nitrogens with one attached hydrogen (secondary N) is 1. The summed E-state index contributed by atoms with van der Waals surface area (Å²) in [5.41, 5.74) is 0.361. The minimum absolute atomic E-state index is 0.309. The summed E-state index contributed by atoms with van der Waals surface area (Å²) in [5.74, 6) is 1.24. The van der Waals surface area contributed by atoms with E-state index in [-0.39, 0.29) is 0 Å². The first-order valence-corrected chi connectivity index (χ1v) is 7.75. The summed E-state index contributed by atoms with van der Waals surface area (Å²) < 4.78 is 5.50. The molecular formula is C15H26N2O2. The van der Waals surface area contributed by atoms with Crippen LogP contribution in [0.2, 0.25) is 0 Å². The normalized spacial score (nSPS) is 33.1. The van der Waals surface area contributed by atoms with Crippen LogP contribution in [0.15, 0.2) is 0 Å². The van der Waals surface area contributed by atoms with E-state index in [9.17, 15) is 4.79 Å². The van der Waals surface area contributed by atoms with Crippen molar-refractivity contribution in [2.24, 2.45) is 17.3 Å². The second-order valence-corrected chi connectivity index (χ2v) is 6.67. The summed E-state index contributed by atoms with van der Waals surface area (Å²) in [6, 6.07) is 0. The first-order chi connectivity index (χ1) is 9.21. The highest BCUT2D eigenvalue weighted by molar-refractivity contribution is 5.82. The van der Waals surface area contributed by atoms with Crippen LogP contribution in [0.3, 0.4) is 0 Å². The average Bonchev–Trinajstić information content (AvgIpc) is 3.13. The van der Waals surface area contributed by atoms with Crippen molar-refractivity contribution in [1.29, 1.82) is 0 Å². The van der Waals surface area contributed by atoms with E-state index < -0.39 is 0 Å². The maximum atomic E-state index is 12.5. The van der Waals surface area contributed by atoms with Crippen LogP contribution in [0.4, 0.5) is 0 Å². The van der Waals surface area contributed by atoms with Crippen molar-refractivity contribution >= 4 is 5.91 Å². The van der Waals surface area contributed by atoms with Crippen molar-refractivity contribution in [1.82, 2.24) is 10.2 Å². The number of carbonyl (C=O) groups is 1. The van der Waals surface area contributed by atoms with Crippen LogP contribution in [0.5, 0.6) is 0 Å². The molecule has 0 bridgehead atoms. The number of rotatable bonds is 3. The third-order valence-electron chi connectivity index (χ3n) is 5.25. The maximum Gasteiger partial charge on any atom is 0.226 e. The molecule has 2 heterocycles. The summed E-state index contributed by atoms with van der Waals surface area (Å²) in [5, 5.41) is 3.39. The Morgan fingerprint density at radius 1 is 1.42 bits per heavy atom. The zero-order valence-corrected chi connectivity index (χ0v) is 12.0. The fraction of sp³-hybridized carbons (Fsp3) is 0.933. The molecule has 1 spiro atoms. The van der Waals surface area contributed by atoms with Crippen LogP contribution >= 0.6 is 0 Å². The maximum absolute atomic E-state index is 12.5. The molecule has 19 heavy (non-hydrogen) atoms. The predicted octanol–water partition coefficient (Wildman–Crippen LogP) is 1.26. The molecule has 3 aliphatic rings. The Balaban J connectivity index is 1.50. The molecule has 2 unspecified atom stereocenters. The van der Waals surface area contributed by atoms with Crippen LogP contribution < -0.4 is 5.32 Å². The van der Waals surface area contributed by atoms with E-state index in [0.717, 1.165) is 45.7 Å². The van der Waals surface area contributed by atoms with E-state index in [2.05, 4.69) is 5.32 Å².